The Balaban J connectivity index is 1.97. The monoisotopic (exact) mass is 329 g/mol. The Bertz CT molecular complexity index is 669. The van der Waals surface area contributed by atoms with Crippen LogP contribution < -0.4 is 19.5 Å². The lowest BCUT2D eigenvalue weighted by atomic mass is 10.1. The van der Waals surface area contributed by atoms with Gasteiger partial charge < -0.3 is 19.5 Å². The predicted molar refractivity (Wildman–Crippen MR) is 92.6 cm³/mol. The van der Waals surface area contributed by atoms with Crippen LogP contribution in [0.4, 0.5) is 0 Å². The van der Waals surface area contributed by atoms with Crippen LogP contribution in [-0.4, -0.2) is 26.2 Å². The SMILES string of the molecule is COc1ccc([C@H](C)NC(=O)[C@@H](C)Oc2ccccc2OC)cc1. The van der Waals surface area contributed by atoms with Crippen molar-refractivity contribution in [2.75, 3.05) is 14.2 Å². The Morgan fingerprint density at radius 1 is 0.917 bits per heavy atom. The second-order valence-corrected chi connectivity index (χ2v) is 5.41. The minimum absolute atomic E-state index is 0.132. The number of hydrogen-bond donors (Lipinski definition) is 1. The lowest BCUT2D eigenvalue weighted by Crippen LogP contribution is -2.37. The summed E-state index contributed by atoms with van der Waals surface area (Å²) in [6.45, 7) is 3.64. The van der Waals surface area contributed by atoms with Crippen LogP contribution in [0, 0.1) is 0 Å². The number of hydrogen-bond acceptors (Lipinski definition) is 4. The summed E-state index contributed by atoms with van der Waals surface area (Å²) < 4.78 is 16.1. The van der Waals surface area contributed by atoms with Crippen LogP contribution in [0.2, 0.25) is 0 Å². The molecule has 24 heavy (non-hydrogen) atoms. The lowest BCUT2D eigenvalue weighted by molar-refractivity contribution is -0.127. The largest absolute Gasteiger partial charge is 0.497 e. The molecule has 0 saturated heterocycles. The third kappa shape index (κ3) is 4.41. The van der Waals surface area contributed by atoms with E-state index >= 15 is 0 Å². The van der Waals surface area contributed by atoms with Gasteiger partial charge in [0, 0.05) is 0 Å². The molecule has 0 aromatic heterocycles. The van der Waals surface area contributed by atoms with Gasteiger partial charge in [0.25, 0.3) is 5.91 Å². The fourth-order valence-corrected chi connectivity index (χ4v) is 2.27. The Morgan fingerprint density at radius 2 is 1.54 bits per heavy atom. The van der Waals surface area contributed by atoms with E-state index in [-0.39, 0.29) is 11.9 Å². The fourth-order valence-electron chi connectivity index (χ4n) is 2.27. The van der Waals surface area contributed by atoms with E-state index in [1.54, 1.807) is 33.3 Å². The topological polar surface area (TPSA) is 56.8 Å². The number of carbonyl (C=O) groups excluding carboxylic acids is 1. The van der Waals surface area contributed by atoms with Crippen LogP contribution in [0.25, 0.3) is 0 Å². The fraction of sp³-hybridized carbons (Fsp3) is 0.316. The normalized spacial score (nSPS) is 12.8. The zero-order valence-corrected chi connectivity index (χ0v) is 14.4. The number of para-hydroxylation sites is 2. The van der Waals surface area contributed by atoms with E-state index in [1.165, 1.54) is 0 Å². The first-order valence-electron chi connectivity index (χ1n) is 7.79. The summed E-state index contributed by atoms with van der Waals surface area (Å²) >= 11 is 0. The van der Waals surface area contributed by atoms with Crippen molar-refractivity contribution in [1.82, 2.24) is 5.32 Å². The molecule has 5 heteroatoms. The van der Waals surface area contributed by atoms with E-state index in [0.29, 0.717) is 11.5 Å². The van der Waals surface area contributed by atoms with E-state index in [0.717, 1.165) is 11.3 Å². The maximum atomic E-state index is 12.4. The molecule has 0 spiro atoms. The number of benzene rings is 2. The summed E-state index contributed by atoms with van der Waals surface area (Å²) in [6.07, 6.45) is -0.637. The molecule has 0 aliphatic rings. The molecular weight excluding hydrogens is 306 g/mol. The van der Waals surface area contributed by atoms with Crippen LogP contribution in [0.15, 0.2) is 48.5 Å². The van der Waals surface area contributed by atoms with E-state index in [9.17, 15) is 4.79 Å². The summed E-state index contributed by atoms with van der Waals surface area (Å²) in [5.74, 6) is 1.73. The van der Waals surface area contributed by atoms with Crippen LogP contribution in [0.5, 0.6) is 17.2 Å². The Morgan fingerprint density at radius 3 is 2.12 bits per heavy atom. The number of amides is 1. The smallest absolute Gasteiger partial charge is 0.261 e. The van der Waals surface area contributed by atoms with Crippen molar-refractivity contribution in [3.8, 4) is 17.2 Å². The maximum absolute atomic E-state index is 12.4. The van der Waals surface area contributed by atoms with Gasteiger partial charge in [0.2, 0.25) is 0 Å². The minimum Gasteiger partial charge on any atom is -0.497 e. The van der Waals surface area contributed by atoms with Gasteiger partial charge in [0.1, 0.15) is 5.75 Å². The van der Waals surface area contributed by atoms with Gasteiger partial charge in [-0.25, -0.2) is 0 Å². The summed E-state index contributed by atoms with van der Waals surface area (Å²) in [4.78, 5) is 12.4. The molecule has 0 aliphatic heterocycles. The summed E-state index contributed by atoms with van der Waals surface area (Å²) in [5, 5.41) is 2.95. The summed E-state index contributed by atoms with van der Waals surface area (Å²) in [7, 11) is 3.19. The van der Waals surface area contributed by atoms with Crippen LogP contribution in [0.1, 0.15) is 25.5 Å². The van der Waals surface area contributed by atoms with Gasteiger partial charge in [-0.3, -0.25) is 4.79 Å². The van der Waals surface area contributed by atoms with E-state index in [4.69, 9.17) is 14.2 Å². The molecule has 0 unspecified atom stereocenters. The summed E-state index contributed by atoms with van der Waals surface area (Å²) in [6, 6.07) is 14.7. The van der Waals surface area contributed by atoms with Gasteiger partial charge in [-0.2, -0.15) is 0 Å². The highest BCUT2D eigenvalue weighted by atomic mass is 16.5. The average Bonchev–Trinajstić information content (AvgIpc) is 2.62. The van der Waals surface area contributed by atoms with Gasteiger partial charge in [-0.15, -0.1) is 0 Å². The first-order valence-corrected chi connectivity index (χ1v) is 7.79. The van der Waals surface area contributed by atoms with Crippen molar-refractivity contribution in [3.63, 3.8) is 0 Å². The predicted octanol–water partition coefficient (Wildman–Crippen LogP) is 3.35. The van der Waals surface area contributed by atoms with Crippen molar-refractivity contribution >= 4 is 5.91 Å². The van der Waals surface area contributed by atoms with Gasteiger partial charge in [-0.05, 0) is 43.7 Å². The zero-order valence-electron chi connectivity index (χ0n) is 14.4. The number of ether oxygens (including phenoxy) is 3. The highest BCUT2D eigenvalue weighted by Crippen LogP contribution is 2.27. The van der Waals surface area contributed by atoms with Crippen molar-refractivity contribution in [2.45, 2.75) is 26.0 Å². The van der Waals surface area contributed by atoms with Gasteiger partial charge >= 0.3 is 0 Å². The molecule has 1 amide bonds. The molecule has 1 N–H and O–H groups in total. The molecule has 128 valence electrons. The molecule has 2 rings (SSSR count). The van der Waals surface area contributed by atoms with E-state index < -0.39 is 6.10 Å². The third-order valence-corrected chi connectivity index (χ3v) is 3.72. The zero-order chi connectivity index (χ0) is 17.5. The molecule has 0 fully saturated rings. The molecule has 0 aliphatic carbocycles. The number of methoxy groups -OCH3 is 2. The molecule has 5 nitrogen and oxygen atoms in total. The molecule has 0 heterocycles. The number of nitrogens with one attached hydrogen (secondary N) is 1. The number of carbonyl (C=O) groups is 1. The maximum Gasteiger partial charge on any atom is 0.261 e. The second kappa shape index (κ2) is 8.24. The van der Waals surface area contributed by atoms with Crippen molar-refractivity contribution in [1.29, 1.82) is 0 Å². The standard InChI is InChI=1S/C19H23NO4/c1-13(15-9-11-16(22-3)12-10-15)20-19(21)14(2)24-18-8-6-5-7-17(18)23-4/h5-14H,1-4H3,(H,20,21)/t13-,14+/m0/s1. The van der Waals surface area contributed by atoms with E-state index in [1.807, 2.05) is 43.3 Å². The third-order valence-electron chi connectivity index (χ3n) is 3.72. The molecular formula is C19H23NO4. The molecule has 0 saturated carbocycles. The van der Waals surface area contributed by atoms with Gasteiger partial charge in [-0.1, -0.05) is 24.3 Å². The first-order chi connectivity index (χ1) is 11.5. The van der Waals surface area contributed by atoms with Gasteiger partial charge in [0.05, 0.1) is 20.3 Å². The minimum atomic E-state index is -0.637. The molecule has 0 radical (unpaired) electrons. The summed E-state index contributed by atoms with van der Waals surface area (Å²) in [5.41, 5.74) is 0.994. The molecule has 2 aromatic carbocycles. The van der Waals surface area contributed by atoms with Crippen LogP contribution in [-0.2, 0) is 4.79 Å². The van der Waals surface area contributed by atoms with Crippen LogP contribution >= 0.6 is 0 Å². The van der Waals surface area contributed by atoms with E-state index in [2.05, 4.69) is 5.32 Å². The van der Waals surface area contributed by atoms with Crippen LogP contribution in [0.3, 0.4) is 0 Å². The second-order valence-electron chi connectivity index (χ2n) is 5.41. The lowest BCUT2D eigenvalue weighted by Gasteiger charge is -2.20. The average molecular weight is 329 g/mol. The van der Waals surface area contributed by atoms with Crippen molar-refractivity contribution in [3.05, 3.63) is 54.1 Å². The highest BCUT2D eigenvalue weighted by Gasteiger charge is 2.19. The first kappa shape index (κ1) is 17.7. The van der Waals surface area contributed by atoms with Gasteiger partial charge in [0.15, 0.2) is 17.6 Å². The molecule has 2 atom stereocenters. The Hall–Kier alpha value is -2.69. The van der Waals surface area contributed by atoms with Crippen molar-refractivity contribution < 1.29 is 19.0 Å². The Labute approximate surface area is 142 Å². The van der Waals surface area contributed by atoms with Crippen molar-refractivity contribution in [2.24, 2.45) is 0 Å². The number of rotatable bonds is 7. The Kier molecular flexibility index (Phi) is 6.07. The molecule has 0 bridgehead atoms. The highest BCUT2D eigenvalue weighted by molar-refractivity contribution is 5.81. The quantitative estimate of drug-likeness (QED) is 0.846. The molecule has 2 aromatic rings.